The maximum Gasteiger partial charge on any atom is 0.269 e. The third-order valence-corrected chi connectivity index (χ3v) is 5.88. The Balaban J connectivity index is 2.31. The highest BCUT2D eigenvalue weighted by atomic mass is 32.2. The molecule has 2 heterocycles. The molecular formula is C12H16N2OS3. The Kier molecular flexibility index (Phi) is 4.40. The molecule has 0 aromatic heterocycles. The lowest BCUT2D eigenvalue weighted by molar-refractivity contribution is -0.121. The molecule has 2 saturated heterocycles. The van der Waals surface area contributed by atoms with Crippen molar-refractivity contribution in [2.24, 2.45) is 0 Å². The van der Waals surface area contributed by atoms with Gasteiger partial charge in [-0.1, -0.05) is 30.1 Å². The van der Waals surface area contributed by atoms with Gasteiger partial charge in [-0.15, -0.1) is 18.3 Å². The van der Waals surface area contributed by atoms with Gasteiger partial charge in [0.05, 0.1) is 5.03 Å². The summed E-state index contributed by atoms with van der Waals surface area (Å²) in [5.74, 6) is 1.06. The van der Waals surface area contributed by atoms with Crippen LogP contribution in [0, 0.1) is 0 Å². The van der Waals surface area contributed by atoms with E-state index in [4.69, 9.17) is 12.2 Å². The molecule has 2 rings (SSSR count). The largest absolute Gasteiger partial charge is 0.362 e. The molecule has 1 atom stereocenters. The van der Waals surface area contributed by atoms with E-state index in [2.05, 4.69) is 25.3 Å². The molecule has 0 bridgehead atoms. The molecular weight excluding hydrogens is 284 g/mol. The maximum absolute atomic E-state index is 12.3. The van der Waals surface area contributed by atoms with Gasteiger partial charge >= 0.3 is 0 Å². The van der Waals surface area contributed by atoms with Gasteiger partial charge in [-0.2, -0.15) is 0 Å². The van der Waals surface area contributed by atoms with Crippen molar-refractivity contribution in [1.82, 2.24) is 9.80 Å². The summed E-state index contributed by atoms with van der Waals surface area (Å²) in [5, 5.41) is 1.09. The lowest BCUT2D eigenvalue weighted by Gasteiger charge is -2.22. The van der Waals surface area contributed by atoms with Crippen LogP contribution >= 0.6 is 35.7 Å². The molecule has 0 radical (unpaired) electrons. The summed E-state index contributed by atoms with van der Waals surface area (Å²) in [6.45, 7) is 9.39. The van der Waals surface area contributed by atoms with Crippen LogP contribution < -0.4 is 0 Å². The van der Waals surface area contributed by atoms with Crippen molar-refractivity contribution in [3.8, 4) is 0 Å². The summed E-state index contributed by atoms with van der Waals surface area (Å²) >= 11 is 8.43. The maximum atomic E-state index is 12.3. The Labute approximate surface area is 122 Å². The summed E-state index contributed by atoms with van der Waals surface area (Å²) in [6, 6.07) is 0.484. The van der Waals surface area contributed by atoms with Crippen LogP contribution in [0.25, 0.3) is 0 Å². The zero-order chi connectivity index (χ0) is 13.3. The molecule has 0 aromatic carbocycles. The minimum Gasteiger partial charge on any atom is -0.362 e. The SMILES string of the molecule is C=CCN1C(=O)/C(=C2/SCC(C)N2CC)SC1=S. The first kappa shape index (κ1) is 14.0. The molecule has 3 nitrogen and oxygen atoms in total. The van der Waals surface area contributed by atoms with Crippen molar-refractivity contribution < 1.29 is 4.79 Å². The van der Waals surface area contributed by atoms with Crippen molar-refractivity contribution in [1.29, 1.82) is 0 Å². The molecule has 0 aromatic rings. The molecule has 0 saturated carbocycles. The van der Waals surface area contributed by atoms with Gasteiger partial charge in [-0.25, -0.2) is 0 Å². The lowest BCUT2D eigenvalue weighted by atomic mass is 10.3. The molecule has 0 aliphatic carbocycles. The smallest absolute Gasteiger partial charge is 0.269 e. The average molecular weight is 300 g/mol. The van der Waals surface area contributed by atoms with Crippen LogP contribution in [0.1, 0.15) is 13.8 Å². The van der Waals surface area contributed by atoms with Crippen LogP contribution in [0.3, 0.4) is 0 Å². The van der Waals surface area contributed by atoms with Crippen LogP contribution in [0.4, 0.5) is 0 Å². The summed E-state index contributed by atoms with van der Waals surface area (Å²) in [7, 11) is 0. The normalized spacial score (nSPS) is 28.4. The summed E-state index contributed by atoms with van der Waals surface area (Å²) in [5.41, 5.74) is 0. The third-order valence-electron chi connectivity index (χ3n) is 2.95. The summed E-state index contributed by atoms with van der Waals surface area (Å²) < 4.78 is 0.638. The predicted molar refractivity (Wildman–Crippen MR) is 83.4 cm³/mol. The van der Waals surface area contributed by atoms with Crippen molar-refractivity contribution in [2.75, 3.05) is 18.8 Å². The number of rotatable bonds is 3. The van der Waals surface area contributed by atoms with Gasteiger partial charge in [-0.05, 0) is 13.8 Å². The number of thioether (sulfide) groups is 2. The fourth-order valence-electron chi connectivity index (χ4n) is 2.04. The highest BCUT2D eigenvalue weighted by Gasteiger charge is 2.38. The number of nitrogens with zero attached hydrogens (tertiary/aromatic N) is 2. The first-order valence-electron chi connectivity index (χ1n) is 5.88. The van der Waals surface area contributed by atoms with Gasteiger partial charge in [0.15, 0.2) is 0 Å². The number of hydrogen-bond acceptors (Lipinski definition) is 5. The quantitative estimate of drug-likeness (QED) is 0.453. The number of thiocarbonyl (C=S) groups is 1. The minimum atomic E-state index is 0.0277. The number of carbonyl (C=O) groups excluding carboxylic acids is 1. The van der Waals surface area contributed by atoms with Gasteiger partial charge in [-0.3, -0.25) is 9.69 Å². The van der Waals surface area contributed by atoms with Crippen molar-refractivity contribution >= 4 is 46.0 Å². The fraction of sp³-hybridized carbons (Fsp3) is 0.500. The number of amides is 1. The molecule has 2 aliphatic rings. The van der Waals surface area contributed by atoms with Crippen LogP contribution in [-0.2, 0) is 4.79 Å². The molecule has 18 heavy (non-hydrogen) atoms. The van der Waals surface area contributed by atoms with E-state index >= 15 is 0 Å². The van der Waals surface area contributed by atoms with Gasteiger partial charge in [0.1, 0.15) is 9.23 Å². The van der Waals surface area contributed by atoms with E-state index in [1.807, 2.05) is 0 Å². The van der Waals surface area contributed by atoms with E-state index in [1.54, 1.807) is 22.7 Å². The van der Waals surface area contributed by atoms with Gasteiger partial charge in [0, 0.05) is 24.9 Å². The molecule has 98 valence electrons. The number of hydrogen-bond donors (Lipinski definition) is 0. The van der Waals surface area contributed by atoms with E-state index in [9.17, 15) is 4.79 Å². The molecule has 2 aliphatic heterocycles. The van der Waals surface area contributed by atoms with E-state index in [1.165, 1.54) is 11.8 Å². The Morgan fingerprint density at radius 2 is 2.33 bits per heavy atom. The molecule has 1 unspecified atom stereocenters. The van der Waals surface area contributed by atoms with Gasteiger partial charge in [0.25, 0.3) is 5.91 Å². The zero-order valence-electron chi connectivity index (χ0n) is 10.5. The molecule has 6 heteroatoms. The second kappa shape index (κ2) is 5.67. The topological polar surface area (TPSA) is 23.6 Å². The van der Waals surface area contributed by atoms with Crippen molar-refractivity contribution in [2.45, 2.75) is 19.9 Å². The predicted octanol–water partition coefficient (Wildman–Crippen LogP) is 2.66. The van der Waals surface area contributed by atoms with E-state index in [0.717, 1.165) is 22.2 Å². The van der Waals surface area contributed by atoms with Gasteiger partial charge in [0.2, 0.25) is 0 Å². The monoisotopic (exact) mass is 300 g/mol. The Bertz CT molecular complexity index is 433. The second-order valence-corrected chi connectivity index (χ2v) is 6.81. The average Bonchev–Trinajstić information content (AvgIpc) is 2.84. The summed E-state index contributed by atoms with van der Waals surface area (Å²) in [4.78, 5) is 17.0. The first-order valence-corrected chi connectivity index (χ1v) is 8.09. The Hall–Kier alpha value is -0.460. The fourth-order valence-corrected chi connectivity index (χ4v) is 4.86. The van der Waals surface area contributed by atoms with E-state index in [-0.39, 0.29) is 5.91 Å². The third kappa shape index (κ3) is 2.33. The van der Waals surface area contributed by atoms with Crippen LogP contribution in [-0.4, -0.2) is 44.9 Å². The van der Waals surface area contributed by atoms with Crippen LogP contribution in [0.5, 0.6) is 0 Å². The highest BCUT2D eigenvalue weighted by molar-refractivity contribution is 8.27. The molecule has 0 spiro atoms. The standard InChI is InChI=1S/C12H16N2OS3/c1-4-6-14-10(15)9(18-12(14)16)11-13(5-2)8(3)7-17-11/h4,8H,1,5-7H2,2-3H3/b11-9-. The zero-order valence-corrected chi connectivity index (χ0v) is 13.0. The molecule has 0 N–H and O–H groups in total. The van der Waals surface area contributed by atoms with Crippen molar-refractivity contribution in [3.63, 3.8) is 0 Å². The second-order valence-electron chi connectivity index (χ2n) is 4.15. The lowest BCUT2D eigenvalue weighted by Crippen LogP contribution is -2.30. The van der Waals surface area contributed by atoms with Crippen LogP contribution in [0.2, 0.25) is 0 Å². The van der Waals surface area contributed by atoms with Crippen molar-refractivity contribution in [3.05, 3.63) is 22.6 Å². The van der Waals surface area contributed by atoms with E-state index in [0.29, 0.717) is 16.9 Å². The Morgan fingerprint density at radius 1 is 1.61 bits per heavy atom. The van der Waals surface area contributed by atoms with Crippen LogP contribution in [0.15, 0.2) is 22.6 Å². The minimum absolute atomic E-state index is 0.0277. The highest BCUT2D eigenvalue weighted by Crippen LogP contribution is 2.42. The number of carbonyl (C=O) groups is 1. The Morgan fingerprint density at radius 3 is 2.94 bits per heavy atom. The summed E-state index contributed by atoms with van der Waals surface area (Å²) in [6.07, 6.45) is 1.71. The molecule has 2 fully saturated rings. The molecule has 1 amide bonds. The van der Waals surface area contributed by atoms with E-state index < -0.39 is 0 Å². The van der Waals surface area contributed by atoms with Gasteiger partial charge < -0.3 is 4.90 Å². The first-order chi connectivity index (χ1) is 8.60.